The third kappa shape index (κ3) is 6.07. The van der Waals surface area contributed by atoms with Crippen LogP contribution in [0.1, 0.15) is 0 Å². The van der Waals surface area contributed by atoms with E-state index < -0.39 is 14.5 Å². The fourth-order valence-corrected chi connectivity index (χ4v) is 0.276. The molecule has 0 saturated carbocycles. The molecule has 4 N–H and O–H groups in total. The molecule has 0 saturated heterocycles. The van der Waals surface area contributed by atoms with Crippen LogP contribution in [0.15, 0.2) is 0 Å². The van der Waals surface area contributed by atoms with Gasteiger partial charge in [-0.1, -0.05) is 0 Å². The Kier molecular flexibility index (Phi) is 2.42. The lowest BCUT2D eigenvalue weighted by Crippen LogP contribution is -2.09. The van der Waals surface area contributed by atoms with E-state index >= 15 is 0 Å². The lowest BCUT2D eigenvalue weighted by Gasteiger charge is -1.98. The van der Waals surface area contributed by atoms with Crippen LogP contribution < -0.4 is 5.09 Å². The molecule has 0 unspecified atom stereocenters. The maximum atomic E-state index is 9.65. The highest BCUT2D eigenvalue weighted by molar-refractivity contribution is 7.49. The van der Waals surface area contributed by atoms with Crippen molar-refractivity contribution in [2.45, 2.75) is 0 Å². The van der Waals surface area contributed by atoms with Gasteiger partial charge in [0.15, 0.2) is 0 Å². The van der Waals surface area contributed by atoms with Gasteiger partial charge in [0.1, 0.15) is 6.73 Å². The Balaban J connectivity index is 3.36. The third-order valence-corrected chi connectivity index (χ3v) is 0.830. The predicted molar refractivity (Wildman–Crippen MR) is 22.3 cm³/mol. The van der Waals surface area contributed by atoms with Gasteiger partial charge in [-0.2, -0.15) is 5.09 Å². The minimum Gasteiger partial charge on any atom is -0.381 e. The van der Waals surface area contributed by atoms with Crippen molar-refractivity contribution in [1.82, 2.24) is 5.09 Å². The van der Waals surface area contributed by atoms with Crippen LogP contribution in [0, 0.1) is 0 Å². The third-order valence-electron chi connectivity index (χ3n) is 0.277. The van der Waals surface area contributed by atoms with Gasteiger partial charge in [0.05, 0.1) is 0 Å². The summed E-state index contributed by atoms with van der Waals surface area (Å²) in [4.78, 5) is 15.7. The van der Waals surface area contributed by atoms with Gasteiger partial charge in [-0.25, -0.2) is 4.57 Å². The van der Waals surface area contributed by atoms with E-state index in [1.54, 1.807) is 0 Å². The molecular formula is CH6NO4P. The van der Waals surface area contributed by atoms with Gasteiger partial charge in [-0.15, -0.1) is 0 Å². The minimum atomic E-state index is -4.17. The summed E-state index contributed by atoms with van der Waals surface area (Å²) >= 11 is 0. The highest BCUT2D eigenvalue weighted by atomic mass is 31.2. The van der Waals surface area contributed by atoms with Crippen molar-refractivity contribution in [1.29, 1.82) is 0 Å². The van der Waals surface area contributed by atoms with E-state index in [0.29, 0.717) is 0 Å². The van der Waals surface area contributed by atoms with Crippen molar-refractivity contribution >= 4 is 7.75 Å². The first kappa shape index (κ1) is 7.07. The smallest absolute Gasteiger partial charge is 0.381 e. The van der Waals surface area contributed by atoms with Crippen LogP contribution in [0.3, 0.4) is 0 Å². The summed E-state index contributed by atoms with van der Waals surface area (Å²) in [5.41, 5.74) is 0. The summed E-state index contributed by atoms with van der Waals surface area (Å²) in [5, 5.41) is 9.31. The second-order valence-corrected chi connectivity index (χ2v) is 2.26. The molecule has 0 bridgehead atoms. The molecule has 0 amide bonds. The second-order valence-electron chi connectivity index (χ2n) is 0.860. The summed E-state index contributed by atoms with van der Waals surface area (Å²) in [5.74, 6) is 0. The Morgan fingerprint density at radius 2 is 2.00 bits per heavy atom. The fourth-order valence-electron chi connectivity index (χ4n) is 0.0921. The molecule has 6 heteroatoms. The molecule has 5 nitrogen and oxygen atoms in total. The van der Waals surface area contributed by atoms with E-state index in [2.05, 4.69) is 0 Å². The molecule has 0 rings (SSSR count). The Labute approximate surface area is 40.2 Å². The van der Waals surface area contributed by atoms with Crippen molar-refractivity contribution in [3.8, 4) is 0 Å². The molecule has 0 aromatic heterocycles. The number of hydrogen-bond donors (Lipinski definition) is 4. The first-order valence-corrected chi connectivity index (χ1v) is 3.09. The van der Waals surface area contributed by atoms with Gasteiger partial charge in [0.25, 0.3) is 0 Å². The maximum absolute atomic E-state index is 9.65. The molecule has 0 radical (unpaired) electrons. The average molecular weight is 127 g/mol. The van der Waals surface area contributed by atoms with Gasteiger partial charge in [0.2, 0.25) is 0 Å². The molecular weight excluding hydrogens is 121 g/mol. The molecule has 0 atom stereocenters. The molecule has 0 aliphatic rings. The van der Waals surface area contributed by atoms with Crippen LogP contribution in [0.4, 0.5) is 0 Å². The van der Waals surface area contributed by atoms with Crippen molar-refractivity contribution in [2.24, 2.45) is 0 Å². The number of aliphatic hydroxyl groups is 1. The molecule has 0 aliphatic heterocycles. The Morgan fingerprint density at radius 1 is 1.57 bits per heavy atom. The van der Waals surface area contributed by atoms with Crippen LogP contribution in [0.2, 0.25) is 0 Å². The molecule has 0 aliphatic carbocycles. The maximum Gasteiger partial charge on any atom is 0.402 e. The largest absolute Gasteiger partial charge is 0.402 e. The Morgan fingerprint density at radius 3 is 2.00 bits per heavy atom. The lowest BCUT2D eigenvalue weighted by molar-refractivity contribution is 0.262. The monoisotopic (exact) mass is 127 g/mol. The van der Waals surface area contributed by atoms with Gasteiger partial charge in [-0.3, -0.25) is 0 Å². The fraction of sp³-hybridized carbons (Fsp3) is 1.00. The van der Waals surface area contributed by atoms with Crippen LogP contribution in [0.25, 0.3) is 0 Å². The standard InChI is InChI=1S/CH6NO4P/c3-1-2-7(4,5)6/h3H,1H2,(H3,2,4,5,6). The van der Waals surface area contributed by atoms with E-state index in [1.165, 1.54) is 5.09 Å². The Hall–Kier alpha value is 0.0700. The molecule has 44 valence electrons. The number of aliphatic hydroxyl groups excluding tert-OH is 1. The van der Waals surface area contributed by atoms with E-state index in [0.717, 1.165) is 0 Å². The zero-order valence-corrected chi connectivity index (χ0v) is 4.30. The zero-order chi connectivity index (χ0) is 5.91. The summed E-state index contributed by atoms with van der Waals surface area (Å²) in [7, 11) is -4.17. The van der Waals surface area contributed by atoms with Crippen molar-refractivity contribution in [2.75, 3.05) is 6.73 Å². The van der Waals surface area contributed by atoms with Crippen molar-refractivity contribution in [3.63, 3.8) is 0 Å². The van der Waals surface area contributed by atoms with Gasteiger partial charge in [-0.05, 0) is 0 Å². The molecule has 0 fully saturated rings. The highest BCUT2D eigenvalue weighted by Gasteiger charge is 2.07. The molecule has 0 aromatic carbocycles. The summed E-state index contributed by atoms with van der Waals surface area (Å²) < 4.78 is 9.65. The van der Waals surface area contributed by atoms with Gasteiger partial charge < -0.3 is 14.9 Å². The van der Waals surface area contributed by atoms with Crippen molar-refractivity contribution < 1.29 is 19.5 Å². The van der Waals surface area contributed by atoms with E-state index in [1.807, 2.05) is 0 Å². The lowest BCUT2D eigenvalue weighted by atomic mass is 11.4. The first-order chi connectivity index (χ1) is 3.06. The van der Waals surface area contributed by atoms with E-state index in [-0.39, 0.29) is 0 Å². The number of rotatable bonds is 2. The summed E-state index contributed by atoms with van der Waals surface area (Å²) in [6.07, 6.45) is 0. The topological polar surface area (TPSA) is 89.8 Å². The molecule has 0 heterocycles. The number of hydrogen-bond acceptors (Lipinski definition) is 2. The van der Waals surface area contributed by atoms with Crippen LogP contribution in [0.5, 0.6) is 0 Å². The zero-order valence-electron chi connectivity index (χ0n) is 3.40. The van der Waals surface area contributed by atoms with E-state index in [4.69, 9.17) is 14.9 Å². The molecule has 0 spiro atoms. The first-order valence-electron chi connectivity index (χ1n) is 1.48. The quantitative estimate of drug-likeness (QED) is 0.271. The van der Waals surface area contributed by atoms with Gasteiger partial charge in [0, 0.05) is 0 Å². The van der Waals surface area contributed by atoms with Crippen LogP contribution >= 0.6 is 7.75 Å². The minimum absolute atomic E-state index is 0.704. The summed E-state index contributed by atoms with van der Waals surface area (Å²) in [6, 6.07) is 0. The highest BCUT2D eigenvalue weighted by Crippen LogP contribution is 2.26. The SMILES string of the molecule is O=P(O)(O)NCO. The summed E-state index contributed by atoms with van der Waals surface area (Å²) in [6.45, 7) is -0.704. The molecule has 7 heavy (non-hydrogen) atoms. The Bertz CT molecular complexity index is 85.7. The molecule has 0 aromatic rings. The second kappa shape index (κ2) is 2.40. The normalized spacial score (nSPS) is 11.9. The number of nitrogens with one attached hydrogen (secondary N) is 1. The predicted octanol–water partition coefficient (Wildman–Crippen LogP) is -1.38. The van der Waals surface area contributed by atoms with Gasteiger partial charge >= 0.3 is 7.75 Å². The van der Waals surface area contributed by atoms with Crippen LogP contribution in [-0.4, -0.2) is 21.6 Å². The van der Waals surface area contributed by atoms with Crippen LogP contribution in [-0.2, 0) is 4.57 Å². The van der Waals surface area contributed by atoms with E-state index in [9.17, 15) is 4.57 Å². The van der Waals surface area contributed by atoms with Crippen molar-refractivity contribution in [3.05, 3.63) is 0 Å². The average Bonchev–Trinajstić information content (AvgIpc) is 1.30.